The van der Waals surface area contributed by atoms with Crippen molar-refractivity contribution < 1.29 is 4.79 Å². The smallest absolute Gasteiger partial charge is 0.271 e. The molecule has 1 atom stereocenters. The number of hydrogen-bond donors (Lipinski definition) is 2. The summed E-state index contributed by atoms with van der Waals surface area (Å²) in [5, 5.41) is 3.17. The summed E-state index contributed by atoms with van der Waals surface area (Å²) in [6, 6.07) is -0.407. The number of rotatable bonds is 2. The van der Waals surface area contributed by atoms with E-state index >= 15 is 0 Å². The van der Waals surface area contributed by atoms with Crippen LogP contribution in [0.4, 0.5) is 5.82 Å². The first-order valence-corrected chi connectivity index (χ1v) is 6.32. The summed E-state index contributed by atoms with van der Waals surface area (Å²) < 4.78 is 0. The van der Waals surface area contributed by atoms with Crippen molar-refractivity contribution in [3.05, 3.63) is 21.7 Å². The van der Waals surface area contributed by atoms with Crippen LogP contribution in [0.3, 0.4) is 0 Å². The Balaban J connectivity index is 2.37. The van der Waals surface area contributed by atoms with Crippen LogP contribution >= 0.6 is 11.6 Å². The molecule has 1 aromatic heterocycles. The first-order valence-electron chi connectivity index (χ1n) is 5.94. The van der Waals surface area contributed by atoms with Crippen LogP contribution in [0.1, 0.15) is 0 Å². The Morgan fingerprint density at radius 2 is 2.32 bits per heavy atom. The van der Waals surface area contributed by atoms with Crippen molar-refractivity contribution in [1.82, 2.24) is 20.2 Å². The van der Waals surface area contributed by atoms with Crippen molar-refractivity contribution in [1.29, 1.82) is 0 Å². The fraction of sp³-hybridized carbons (Fsp3) is 0.545. The Morgan fingerprint density at radius 1 is 1.58 bits per heavy atom. The van der Waals surface area contributed by atoms with Gasteiger partial charge in [-0.05, 0) is 0 Å². The topological polar surface area (TPSA) is 81.3 Å². The molecule has 1 unspecified atom stereocenters. The second-order valence-electron chi connectivity index (χ2n) is 4.52. The van der Waals surface area contributed by atoms with Crippen molar-refractivity contribution in [2.24, 2.45) is 0 Å². The molecule has 19 heavy (non-hydrogen) atoms. The minimum atomic E-state index is -0.407. The Kier molecular flexibility index (Phi) is 4.06. The number of carbonyl (C=O) groups excluding carboxylic acids is 1. The monoisotopic (exact) mass is 285 g/mol. The number of aromatic amines is 1. The molecular formula is C11H16ClN5O2. The van der Waals surface area contributed by atoms with Gasteiger partial charge in [-0.3, -0.25) is 9.59 Å². The summed E-state index contributed by atoms with van der Waals surface area (Å²) in [5.41, 5.74) is -0.402. The van der Waals surface area contributed by atoms with Crippen LogP contribution in [0, 0.1) is 0 Å². The average molecular weight is 286 g/mol. The molecule has 2 heterocycles. The van der Waals surface area contributed by atoms with Crippen LogP contribution in [0.15, 0.2) is 11.1 Å². The van der Waals surface area contributed by atoms with Gasteiger partial charge in [0.2, 0.25) is 5.91 Å². The Labute approximate surface area is 115 Å². The van der Waals surface area contributed by atoms with E-state index < -0.39 is 11.6 Å². The van der Waals surface area contributed by atoms with Crippen molar-refractivity contribution in [3.63, 3.8) is 0 Å². The Hall–Kier alpha value is -1.60. The quantitative estimate of drug-likeness (QED) is 0.750. The number of nitrogens with zero attached hydrogens (tertiary/aromatic N) is 3. The lowest BCUT2D eigenvalue weighted by atomic mass is 10.1. The molecule has 0 bridgehead atoms. The van der Waals surface area contributed by atoms with Crippen LogP contribution in [0.5, 0.6) is 0 Å². The van der Waals surface area contributed by atoms with E-state index in [4.69, 9.17) is 11.6 Å². The minimum Gasteiger partial charge on any atom is -0.347 e. The summed E-state index contributed by atoms with van der Waals surface area (Å²) in [6.07, 6.45) is 1.29. The fourth-order valence-corrected chi connectivity index (χ4v) is 2.26. The maximum absolute atomic E-state index is 12.2. The average Bonchev–Trinajstić information content (AvgIpc) is 2.41. The normalized spacial score (nSPS) is 19.3. The van der Waals surface area contributed by atoms with Crippen LogP contribution < -0.4 is 15.8 Å². The van der Waals surface area contributed by atoms with Crippen molar-refractivity contribution in [2.75, 3.05) is 38.6 Å². The molecular weight excluding hydrogens is 270 g/mol. The zero-order valence-electron chi connectivity index (χ0n) is 10.8. The molecule has 1 aromatic rings. The lowest BCUT2D eigenvalue weighted by Crippen LogP contribution is -2.58. The predicted molar refractivity (Wildman–Crippen MR) is 72.6 cm³/mol. The zero-order chi connectivity index (χ0) is 14.0. The number of likely N-dealkylation sites (N-methyl/N-ethyl adjacent to an activating group) is 1. The van der Waals surface area contributed by atoms with Crippen LogP contribution in [-0.4, -0.2) is 60.5 Å². The van der Waals surface area contributed by atoms with Gasteiger partial charge in [0.15, 0.2) is 5.82 Å². The van der Waals surface area contributed by atoms with Gasteiger partial charge < -0.3 is 20.1 Å². The molecule has 0 aliphatic carbocycles. The minimum absolute atomic E-state index is 0.0148. The molecule has 1 aliphatic rings. The summed E-state index contributed by atoms with van der Waals surface area (Å²) in [5.74, 6) is 0.303. The summed E-state index contributed by atoms with van der Waals surface area (Å²) >= 11 is 5.98. The molecule has 0 saturated carbocycles. The predicted octanol–water partition coefficient (Wildman–Crippen LogP) is -0.710. The maximum Gasteiger partial charge on any atom is 0.271 e. The number of carbonyl (C=O) groups is 1. The highest BCUT2D eigenvalue weighted by molar-refractivity contribution is 6.32. The summed E-state index contributed by atoms with van der Waals surface area (Å²) in [4.78, 5) is 33.5. The van der Waals surface area contributed by atoms with Gasteiger partial charge in [0.25, 0.3) is 5.56 Å². The van der Waals surface area contributed by atoms with Crippen LogP contribution in [0.2, 0.25) is 5.02 Å². The molecule has 1 fully saturated rings. The molecule has 7 nitrogen and oxygen atoms in total. The first-order chi connectivity index (χ1) is 9.02. The Bertz CT molecular complexity index is 530. The van der Waals surface area contributed by atoms with Gasteiger partial charge in [-0.1, -0.05) is 11.6 Å². The number of H-pyrrole nitrogens is 1. The molecule has 0 radical (unpaired) electrons. The van der Waals surface area contributed by atoms with Crippen LogP contribution in [-0.2, 0) is 4.79 Å². The van der Waals surface area contributed by atoms with E-state index in [0.717, 1.165) is 0 Å². The second kappa shape index (κ2) is 5.58. The fourth-order valence-electron chi connectivity index (χ4n) is 2.05. The number of halogens is 1. The van der Waals surface area contributed by atoms with Gasteiger partial charge in [0.1, 0.15) is 11.1 Å². The van der Waals surface area contributed by atoms with E-state index in [1.165, 1.54) is 11.2 Å². The molecule has 1 amide bonds. The number of anilines is 1. The third-order valence-corrected chi connectivity index (χ3v) is 3.36. The molecule has 2 N–H and O–H groups in total. The zero-order valence-corrected chi connectivity index (χ0v) is 11.6. The first kappa shape index (κ1) is 13.8. The van der Waals surface area contributed by atoms with Gasteiger partial charge in [-0.2, -0.15) is 0 Å². The highest BCUT2D eigenvalue weighted by atomic mass is 35.5. The van der Waals surface area contributed by atoms with Crippen molar-refractivity contribution in [2.45, 2.75) is 6.04 Å². The second-order valence-corrected chi connectivity index (χ2v) is 4.89. The van der Waals surface area contributed by atoms with Crippen LogP contribution in [0.25, 0.3) is 0 Å². The standard InChI is InChI=1S/C11H16ClN5O2/c1-16(2)11(19)7-5-13-3-4-17(7)9-8(12)10(18)15-6-14-9/h6-7,13H,3-5H2,1-2H3,(H,14,15,18). The number of amides is 1. The Morgan fingerprint density at radius 3 is 3.00 bits per heavy atom. The highest BCUT2D eigenvalue weighted by Crippen LogP contribution is 2.22. The highest BCUT2D eigenvalue weighted by Gasteiger charge is 2.32. The van der Waals surface area contributed by atoms with E-state index in [-0.39, 0.29) is 10.9 Å². The molecule has 104 valence electrons. The van der Waals surface area contributed by atoms with E-state index in [1.807, 2.05) is 0 Å². The lowest BCUT2D eigenvalue weighted by Gasteiger charge is -2.37. The lowest BCUT2D eigenvalue weighted by molar-refractivity contribution is -0.130. The number of aromatic nitrogens is 2. The van der Waals surface area contributed by atoms with E-state index in [9.17, 15) is 9.59 Å². The molecule has 0 spiro atoms. The van der Waals surface area contributed by atoms with Gasteiger partial charge in [0.05, 0.1) is 6.33 Å². The number of nitrogens with one attached hydrogen (secondary N) is 2. The van der Waals surface area contributed by atoms with E-state index in [2.05, 4.69) is 15.3 Å². The summed E-state index contributed by atoms with van der Waals surface area (Å²) in [6.45, 7) is 1.78. The summed E-state index contributed by atoms with van der Waals surface area (Å²) in [7, 11) is 3.39. The van der Waals surface area contributed by atoms with Gasteiger partial charge in [-0.15, -0.1) is 0 Å². The molecule has 1 saturated heterocycles. The molecule has 0 aromatic carbocycles. The molecule has 8 heteroatoms. The van der Waals surface area contributed by atoms with Crippen molar-refractivity contribution in [3.8, 4) is 0 Å². The third kappa shape index (κ3) is 2.71. The van der Waals surface area contributed by atoms with E-state index in [0.29, 0.717) is 25.5 Å². The molecule has 2 rings (SSSR count). The van der Waals surface area contributed by atoms with Crippen molar-refractivity contribution >= 4 is 23.3 Å². The van der Waals surface area contributed by atoms with Gasteiger partial charge in [0, 0.05) is 33.7 Å². The number of piperazine rings is 1. The van der Waals surface area contributed by atoms with Gasteiger partial charge in [-0.25, -0.2) is 4.98 Å². The molecule has 1 aliphatic heterocycles. The van der Waals surface area contributed by atoms with Gasteiger partial charge >= 0.3 is 0 Å². The number of hydrogen-bond acceptors (Lipinski definition) is 5. The third-order valence-electron chi connectivity index (χ3n) is 3.02. The SMILES string of the molecule is CN(C)C(=O)C1CNCCN1c1nc[nH]c(=O)c1Cl. The van der Waals surface area contributed by atoms with E-state index in [1.54, 1.807) is 19.0 Å². The maximum atomic E-state index is 12.2. The largest absolute Gasteiger partial charge is 0.347 e.